The van der Waals surface area contributed by atoms with Gasteiger partial charge in [-0.15, -0.1) is 0 Å². The van der Waals surface area contributed by atoms with E-state index in [1.54, 1.807) is 15.7 Å². The number of likely N-dealkylation sites (tertiary alicyclic amines) is 1. The highest BCUT2D eigenvalue weighted by molar-refractivity contribution is 5.64. The number of nitrogen functional groups attached to an aromatic ring is 1. The Labute approximate surface area is 215 Å². The van der Waals surface area contributed by atoms with E-state index in [9.17, 15) is 22.8 Å². The monoisotopic (exact) mass is 532 g/mol. The summed E-state index contributed by atoms with van der Waals surface area (Å²) in [4.78, 5) is 16.4. The fourth-order valence-corrected chi connectivity index (χ4v) is 4.93. The van der Waals surface area contributed by atoms with Crippen molar-refractivity contribution in [1.82, 2.24) is 24.4 Å². The lowest BCUT2D eigenvalue weighted by Crippen LogP contribution is -2.43. The van der Waals surface area contributed by atoms with Crippen LogP contribution in [-0.4, -0.2) is 63.3 Å². The second kappa shape index (κ2) is 10.2. The van der Waals surface area contributed by atoms with Crippen molar-refractivity contribution in [3.8, 4) is 17.3 Å². The molecule has 2 saturated heterocycles. The third-order valence-electron chi connectivity index (χ3n) is 7.12. The third kappa shape index (κ3) is 5.00. The topological polar surface area (TPSA) is 99.9 Å². The Morgan fingerprint density at radius 1 is 1.13 bits per heavy atom. The van der Waals surface area contributed by atoms with Crippen LogP contribution in [0.4, 0.5) is 33.6 Å². The van der Waals surface area contributed by atoms with Gasteiger partial charge in [0.2, 0.25) is 0 Å². The number of rotatable bonds is 6. The first-order chi connectivity index (χ1) is 18.2. The fraction of sp³-hybridized carbons (Fsp3) is 0.440. The van der Waals surface area contributed by atoms with Crippen LogP contribution in [0.25, 0.3) is 11.3 Å². The Morgan fingerprint density at radius 3 is 2.58 bits per heavy atom. The van der Waals surface area contributed by atoms with E-state index in [2.05, 4.69) is 19.9 Å². The molecule has 5 rings (SSSR count). The van der Waals surface area contributed by atoms with Crippen molar-refractivity contribution >= 4 is 11.6 Å². The van der Waals surface area contributed by atoms with E-state index in [4.69, 9.17) is 5.73 Å². The lowest BCUT2D eigenvalue weighted by molar-refractivity contribution is -0.139. The number of benzene rings is 1. The molecule has 2 N–H and O–H groups in total. The van der Waals surface area contributed by atoms with Gasteiger partial charge in [-0.25, -0.2) is 23.7 Å². The van der Waals surface area contributed by atoms with Crippen LogP contribution < -0.4 is 10.6 Å². The average Bonchev–Trinajstić information content (AvgIpc) is 3.26. The number of hydrogen-bond donors (Lipinski definition) is 1. The molecule has 4 heterocycles. The number of imidazole rings is 1. The molecule has 2 atom stereocenters. The van der Waals surface area contributed by atoms with E-state index in [0.29, 0.717) is 31.9 Å². The number of anilines is 2. The van der Waals surface area contributed by atoms with Crippen molar-refractivity contribution in [3.63, 3.8) is 0 Å². The summed E-state index contributed by atoms with van der Waals surface area (Å²) in [5.41, 5.74) is 4.81. The first-order valence-electron chi connectivity index (χ1n) is 12.2. The van der Waals surface area contributed by atoms with Gasteiger partial charge in [0, 0.05) is 31.4 Å². The number of nitriles is 1. The first kappa shape index (κ1) is 25.8. The van der Waals surface area contributed by atoms with Gasteiger partial charge in [0.15, 0.2) is 5.82 Å². The molecule has 0 unspecified atom stereocenters. The minimum Gasteiger partial charge on any atom is -0.382 e. The highest BCUT2D eigenvalue weighted by atomic mass is 19.4. The molecule has 38 heavy (non-hydrogen) atoms. The Kier molecular flexibility index (Phi) is 6.92. The smallest absolute Gasteiger partial charge is 0.382 e. The van der Waals surface area contributed by atoms with Crippen molar-refractivity contribution in [1.29, 1.82) is 5.26 Å². The van der Waals surface area contributed by atoms with Crippen LogP contribution >= 0.6 is 0 Å². The number of piperidine rings is 1. The number of aromatic nitrogens is 4. The molecule has 0 radical (unpaired) electrons. The molecule has 0 amide bonds. The van der Waals surface area contributed by atoms with Crippen LogP contribution in [-0.2, 0) is 12.7 Å². The van der Waals surface area contributed by atoms with E-state index in [1.807, 2.05) is 6.07 Å². The normalized spacial score (nSPS) is 20.3. The van der Waals surface area contributed by atoms with E-state index in [1.165, 1.54) is 12.4 Å². The quantitative estimate of drug-likeness (QED) is 0.480. The maximum atomic E-state index is 15.7. The van der Waals surface area contributed by atoms with Crippen molar-refractivity contribution in [2.75, 3.05) is 43.4 Å². The molecule has 1 aromatic carbocycles. The predicted octanol–water partition coefficient (Wildman–Crippen LogP) is 3.99. The summed E-state index contributed by atoms with van der Waals surface area (Å²) in [6.07, 6.45) is -2.00. The molecule has 0 saturated carbocycles. The van der Waals surface area contributed by atoms with Crippen LogP contribution in [0.15, 0.2) is 30.7 Å². The molecule has 3 aromatic rings. The van der Waals surface area contributed by atoms with E-state index in [-0.39, 0.29) is 35.0 Å². The molecule has 200 valence electrons. The SMILES string of the molecule is N#Cc1c(N)ncnc1N1CC[C@H](c2nc(-c3ccc(F)c(C(F)(F)F)c3)cn2CCN2CCC2)[C@@H](F)C1. The average molecular weight is 533 g/mol. The van der Waals surface area contributed by atoms with Gasteiger partial charge in [-0.05, 0) is 44.1 Å². The summed E-state index contributed by atoms with van der Waals surface area (Å²) < 4.78 is 71.3. The molecule has 13 heteroatoms. The van der Waals surface area contributed by atoms with Crippen molar-refractivity contribution in [3.05, 3.63) is 53.5 Å². The standard InChI is InChI=1S/C25H25F5N8/c26-19-3-2-15(10-18(19)25(28,29)30)21-13-38(9-8-36-5-1-6-36)24(35-21)16-4-7-37(12-20(16)27)23-17(11-31)22(32)33-14-34-23/h2-3,10,13-14,16,20H,1,4-9,12H2,(H2,32,33,34)/t16-,20-/m0/s1. The van der Waals surface area contributed by atoms with Crippen molar-refractivity contribution in [2.45, 2.75) is 37.7 Å². The summed E-state index contributed by atoms with van der Waals surface area (Å²) >= 11 is 0. The Hall–Kier alpha value is -3.79. The van der Waals surface area contributed by atoms with Gasteiger partial charge in [0.25, 0.3) is 0 Å². The molecular weight excluding hydrogens is 507 g/mol. The van der Waals surface area contributed by atoms with Crippen LogP contribution in [0.2, 0.25) is 0 Å². The summed E-state index contributed by atoms with van der Waals surface area (Å²) in [5.74, 6) is -1.30. The Balaban J connectivity index is 1.44. The highest BCUT2D eigenvalue weighted by Gasteiger charge is 2.37. The maximum Gasteiger partial charge on any atom is 0.419 e. The molecule has 2 aliphatic heterocycles. The molecule has 2 fully saturated rings. The molecule has 8 nitrogen and oxygen atoms in total. The zero-order chi connectivity index (χ0) is 27.0. The Bertz CT molecular complexity index is 1360. The van der Waals surface area contributed by atoms with Gasteiger partial charge in [-0.1, -0.05) is 0 Å². The Morgan fingerprint density at radius 2 is 1.92 bits per heavy atom. The molecule has 0 aliphatic carbocycles. The van der Waals surface area contributed by atoms with E-state index < -0.39 is 29.6 Å². The zero-order valence-corrected chi connectivity index (χ0v) is 20.3. The summed E-state index contributed by atoms with van der Waals surface area (Å²) in [7, 11) is 0. The minimum atomic E-state index is -4.85. The van der Waals surface area contributed by atoms with Gasteiger partial charge < -0.3 is 20.1 Å². The molecular formula is C25H25F5N8. The fourth-order valence-electron chi connectivity index (χ4n) is 4.93. The van der Waals surface area contributed by atoms with Gasteiger partial charge in [-0.2, -0.15) is 18.4 Å². The van der Waals surface area contributed by atoms with Crippen LogP contribution in [0.5, 0.6) is 0 Å². The lowest BCUT2D eigenvalue weighted by Gasteiger charge is -2.36. The summed E-state index contributed by atoms with van der Waals surface area (Å²) in [6.45, 7) is 3.39. The lowest BCUT2D eigenvalue weighted by atomic mass is 9.93. The van der Waals surface area contributed by atoms with Gasteiger partial charge in [0.05, 0.1) is 23.7 Å². The number of hydrogen-bond acceptors (Lipinski definition) is 7. The molecule has 0 spiro atoms. The number of nitrogens with zero attached hydrogens (tertiary/aromatic N) is 7. The number of halogens is 5. The van der Waals surface area contributed by atoms with E-state index in [0.717, 1.165) is 31.6 Å². The van der Waals surface area contributed by atoms with Crippen LogP contribution in [0.3, 0.4) is 0 Å². The summed E-state index contributed by atoms with van der Waals surface area (Å²) in [6, 6.07) is 4.72. The van der Waals surface area contributed by atoms with E-state index >= 15 is 4.39 Å². The van der Waals surface area contributed by atoms with Gasteiger partial charge in [0.1, 0.15) is 41.6 Å². The van der Waals surface area contributed by atoms with Crippen molar-refractivity contribution < 1.29 is 22.0 Å². The first-order valence-corrected chi connectivity index (χ1v) is 12.2. The molecule has 2 aromatic heterocycles. The summed E-state index contributed by atoms with van der Waals surface area (Å²) in [5, 5.41) is 9.45. The van der Waals surface area contributed by atoms with Gasteiger partial charge >= 0.3 is 6.18 Å². The number of alkyl halides is 4. The second-order valence-electron chi connectivity index (χ2n) is 9.49. The largest absolute Gasteiger partial charge is 0.419 e. The zero-order valence-electron chi connectivity index (χ0n) is 20.3. The maximum absolute atomic E-state index is 15.7. The third-order valence-corrected chi connectivity index (χ3v) is 7.12. The predicted molar refractivity (Wildman–Crippen MR) is 129 cm³/mol. The highest BCUT2D eigenvalue weighted by Crippen LogP contribution is 2.37. The molecule has 2 aliphatic rings. The van der Waals surface area contributed by atoms with Gasteiger partial charge in [-0.3, -0.25) is 0 Å². The second-order valence-corrected chi connectivity index (χ2v) is 9.49. The van der Waals surface area contributed by atoms with Crippen LogP contribution in [0, 0.1) is 17.1 Å². The number of nitrogens with two attached hydrogens (primary N) is 1. The minimum absolute atomic E-state index is 0.0127. The van der Waals surface area contributed by atoms with Crippen LogP contribution in [0.1, 0.15) is 35.7 Å². The molecule has 0 bridgehead atoms. The van der Waals surface area contributed by atoms with Crippen molar-refractivity contribution in [2.24, 2.45) is 0 Å².